The van der Waals surface area contributed by atoms with Crippen molar-refractivity contribution in [2.75, 3.05) is 4.43 Å². The van der Waals surface area contributed by atoms with Crippen molar-refractivity contribution in [2.24, 2.45) is 17.8 Å². The fraction of sp³-hybridized carbons (Fsp3) is 0.750. The monoisotopic (exact) mass is 378 g/mol. The molecular weight excluding hydrogens is 366 g/mol. The molecular formula is C8H12I2O. The van der Waals surface area contributed by atoms with Gasteiger partial charge in [0.25, 0.3) is 0 Å². The zero-order chi connectivity index (χ0) is 7.68. The first kappa shape index (κ1) is 8.74. The minimum atomic E-state index is -0.346. The van der Waals surface area contributed by atoms with Crippen molar-refractivity contribution in [1.29, 1.82) is 0 Å². The Morgan fingerprint density at radius 2 is 2.18 bits per heavy atom. The lowest BCUT2D eigenvalue weighted by atomic mass is 9.65. The van der Waals surface area contributed by atoms with Gasteiger partial charge in [-0.05, 0) is 30.6 Å². The van der Waals surface area contributed by atoms with Gasteiger partial charge in [0, 0.05) is 4.43 Å². The largest absolute Gasteiger partial charge is 0.333 e. The molecule has 0 aromatic rings. The van der Waals surface area contributed by atoms with Crippen LogP contribution in [0.3, 0.4) is 0 Å². The fourth-order valence-electron chi connectivity index (χ4n) is 1.94. The van der Waals surface area contributed by atoms with E-state index in [9.17, 15) is 0 Å². The van der Waals surface area contributed by atoms with Crippen molar-refractivity contribution < 1.29 is 3.44 Å². The summed E-state index contributed by atoms with van der Waals surface area (Å²) in [5.74, 6) is 2.83. The van der Waals surface area contributed by atoms with Crippen LogP contribution in [-0.2, 0) is 0 Å². The Morgan fingerprint density at radius 3 is 2.73 bits per heavy atom. The first-order valence-corrected chi connectivity index (χ1v) is 12.7. The summed E-state index contributed by atoms with van der Waals surface area (Å²) in [6.45, 7) is 0. The van der Waals surface area contributed by atoms with Crippen LogP contribution >= 0.6 is 33.6 Å². The highest BCUT2D eigenvalue weighted by molar-refractivity contribution is 14.8. The van der Waals surface area contributed by atoms with Gasteiger partial charge in [0.1, 0.15) is 0 Å². The van der Waals surface area contributed by atoms with Crippen LogP contribution in [0.15, 0.2) is 12.2 Å². The molecule has 64 valence electrons. The minimum absolute atomic E-state index is 0.215. The van der Waals surface area contributed by atoms with Gasteiger partial charge in [-0.15, -0.1) is 0 Å². The van der Waals surface area contributed by atoms with Crippen molar-refractivity contribution in [1.82, 2.24) is 0 Å². The average Bonchev–Trinajstić information content (AvgIpc) is 2.00. The molecule has 0 saturated heterocycles. The number of alkyl halides is 1. The molecule has 1 fully saturated rings. The second kappa shape index (κ2) is 3.91. The molecule has 0 aromatic heterocycles. The van der Waals surface area contributed by atoms with Crippen LogP contribution in [0.2, 0.25) is 0 Å². The summed E-state index contributed by atoms with van der Waals surface area (Å²) < 4.78 is 10.2. The first-order chi connectivity index (χ1) is 5.40. The maximum absolute atomic E-state index is 8.83. The quantitative estimate of drug-likeness (QED) is 0.445. The maximum Gasteiger partial charge on any atom is 0.0753 e. The second-order valence-electron chi connectivity index (χ2n) is 3.36. The lowest BCUT2D eigenvalue weighted by Gasteiger charge is -2.42. The summed E-state index contributed by atoms with van der Waals surface area (Å²) in [5, 5.41) is 0. The smallest absolute Gasteiger partial charge is 0.0753 e. The SMILES string of the molecule is OI=ICC1C=CC2CC1C2. The molecule has 1 atom stereocenters. The van der Waals surface area contributed by atoms with Gasteiger partial charge in [-0.3, -0.25) is 0 Å². The third-order valence-electron chi connectivity index (χ3n) is 2.73. The van der Waals surface area contributed by atoms with Crippen molar-refractivity contribution in [3.8, 4) is 0 Å². The molecule has 1 nitrogen and oxygen atoms in total. The molecule has 0 heterocycles. The van der Waals surface area contributed by atoms with E-state index in [0.717, 1.165) is 17.8 Å². The van der Waals surface area contributed by atoms with E-state index in [1.807, 2.05) is 0 Å². The summed E-state index contributed by atoms with van der Waals surface area (Å²) in [6, 6.07) is 0. The van der Waals surface area contributed by atoms with E-state index in [0.29, 0.717) is 0 Å². The number of hydrogen-bond acceptors (Lipinski definition) is 1. The molecule has 0 amide bonds. The summed E-state index contributed by atoms with van der Waals surface area (Å²) in [4.78, 5) is 0. The van der Waals surface area contributed by atoms with Gasteiger partial charge >= 0.3 is 0 Å². The standard InChI is InChI=1S/C8H12I2O/c11-10-9-5-7-2-1-6-3-8(7)4-6/h1-2,6-8,11H,3-5H2. The number of hydrogen-bond donors (Lipinski definition) is 1. The summed E-state index contributed by atoms with van der Waals surface area (Å²) in [5.41, 5.74) is 0. The topological polar surface area (TPSA) is 20.2 Å². The van der Waals surface area contributed by atoms with Crippen LogP contribution < -0.4 is 0 Å². The molecule has 0 radical (unpaired) electrons. The van der Waals surface area contributed by atoms with E-state index < -0.39 is 0 Å². The van der Waals surface area contributed by atoms with Crippen LogP contribution in [0, 0.1) is 17.8 Å². The molecule has 0 aromatic carbocycles. The highest BCUT2D eigenvalue weighted by Gasteiger charge is 2.35. The number of rotatable bonds is 2. The summed E-state index contributed by atoms with van der Waals surface area (Å²) >= 11 is -0.131. The van der Waals surface area contributed by atoms with E-state index in [4.69, 9.17) is 3.44 Å². The Kier molecular flexibility index (Phi) is 3.11. The zero-order valence-electron chi connectivity index (χ0n) is 6.21. The molecule has 1 saturated carbocycles. The predicted molar refractivity (Wildman–Crippen MR) is 64.0 cm³/mol. The third-order valence-corrected chi connectivity index (χ3v) is 8.30. The molecule has 1 unspecified atom stereocenters. The normalized spacial score (nSPS) is 42.5. The zero-order valence-corrected chi connectivity index (χ0v) is 10.5. The highest BCUT2D eigenvalue weighted by Crippen LogP contribution is 2.46. The molecule has 11 heavy (non-hydrogen) atoms. The van der Waals surface area contributed by atoms with Gasteiger partial charge in [-0.2, -0.15) is 0 Å². The first-order valence-electron chi connectivity index (χ1n) is 3.95. The molecule has 0 spiro atoms. The Morgan fingerprint density at radius 1 is 1.36 bits per heavy atom. The van der Waals surface area contributed by atoms with Gasteiger partial charge < -0.3 is 3.44 Å². The third kappa shape index (κ3) is 1.91. The van der Waals surface area contributed by atoms with Crippen molar-refractivity contribution in [2.45, 2.75) is 12.8 Å². The Bertz CT molecular complexity index is 194. The van der Waals surface area contributed by atoms with Gasteiger partial charge in [0.2, 0.25) is 0 Å². The molecule has 3 heteroatoms. The van der Waals surface area contributed by atoms with E-state index in [2.05, 4.69) is 12.2 Å². The van der Waals surface area contributed by atoms with E-state index in [1.165, 1.54) is 17.3 Å². The molecule has 2 bridgehead atoms. The molecule has 3 aliphatic rings. The predicted octanol–water partition coefficient (Wildman–Crippen LogP) is 2.96. The van der Waals surface area contributed by atoms with Crippen molar-refractivity contribution in [3.63, 3.8) is 0 Å². The fourth-order valence-corrected chi connectivity index (χ4v) is 7.07. The number of halogens is 2. The van der Waals surface area contributed by atoms with Crippen LogP contribution in [-0.4, -0.2) is 7.86 Å². The van der Waals surface area contributed by atoms with E-state index in [1.54, 1.807) is 0 Å². The Labute approximate surface area is 83.5 Å². The lowest BCUT2D eigenvalue weighted by Crippen LogP contribution is -2.33. The molecule has 1 N–H and O–H groups in total. The van der Waals surface area contributed by atoms with Crippen LogP contribution in [0.25, 0.3) is 0 Å². The van der Waals surface area contributed by atoms with Gasteiger partial charge in [-0.1, -0.05) is 28.7 Å². The van der Waals surface area contributed by atoms with Crippen LogP contribution in [0.1, 0.15) is 12.8 Å². The Hall–Kier alpha value is 1.16. The van der Waals surface area contributed by atoms with E-state index in [-0.39, 0.29) is 33.6 Å². The Balaban J connectivity index is 1.93. The molecule has 3 rings (SSSR count). The maximum atomic E-state index is 8.83. The average molecular weight is 378 g/mol. The number of fused-ring (bicyclic) bond motifs is 1. The lowest BCUT2D eigenvalue weighted by molar-refractivity contribution is 0.176. The van der Waals surface area contributed by atoms with Gasteiger partial charge in [-0.25, -0.2) is 0 Å². The van der Waals surface area contributed by atoms with Crippen molar-refractivity contribution in [3.05, 3.63) is 12.2 Å². The minimum Gasteiger partial charge on any atom is -0.333 e. The van der Waals surface area contributed by atoms with Crippen LogP contribution in [0.4, 0.5) is 0 Å². The van der Waals surface area contributed by atoms with Crippen LogP contribution in [0.5, 0.6) is 0 Å². The van der Waals surface area contributed by atoms with E-state index >= 15 is 0 Å². The molecule has 0 aliphatic heterocycles. The highest BCUT2D eigenvalue weighted by atomic mass is 128. The molecule has 3 aliphatic carbocycles. The van der Waals surface area contributed by atoms with Crippen molar-refractivity contribution >= 4 is 33.6 Å². The van der Waals surface area contributed by atoms with Gasteiger partial charge in [0.05, 0.1) is 17.0 Å². The number of allylic oxidation sites excluding steroid dienone is 2. The second-order valence-corrected chi connectivity index (χ2v) is 11.5. The summed E-state index contributed by atoms with van der Waals surface area (Å²) in [7, 11) is 0. The van der Waals surface area contributed by atoms with Gasteiger partial charge in [0.15, 0.2) is 0 Å². The summed E-state index contributed by atoms with van der Waals surface area (Å²) in [6.07, 6.45) is 7.73.